The summed E-state index contributed by atoms with van der Waals surface area (Å²) in [6, 6.07) is 10.1. The van der Waals surface area contributed by atoms with Crippen LogP contribution < -0.4 is 5.32 Å². The third-order valence-corrected chi connectivity index (χ3v) is 6.53. The lowest BCUT2D eigenvalue weighted by Crippen LogP contribution is -2.39. The number of hydrogen-bond donors (Lipinski definition) is 2. The highest BCUT2D eigenvalue weighted by molar-refractivity contribution is 5.70. The van der Waals surface area contributed by atoms with Gasteiger partial charge in [-0.3, -0.25) is 4.79 Å². The van der Waals surface area contributed by atoms with Crippen LogP contribution in [0.25, 0.3) is 0 Å². The Hall–Kier alpha value is -1.35. The lowest BCUT2D eigenvalue weighted by Gasteiger charge is -2.33. The number of carbonyl (C=O) groups is 1. The number of carboxylic acid groups (broad SMARTS) is 1. The van der Waals surface area contributed by atoms with Crippen molar-refractivity contribution < 1.29 is 9.90 Å². The van der Waals surface area contributed by atoms with E-state index in [1.165, 1.54) is 43.2 Å². The van der Waals surface area contributed by atoms with Crippen LogP contribution in [0.15, 0.2) is 24.3 Å². The Kier molecular flexibility index (Phi) is 6.74. The van der Waals surface area contributed by atoms with Crippen LogP contribution >= 0.6 is 0 Å². The second-order valence-electron chi connectivity index (χ2n) is 8.78. The molecule has 2 saturated carbocycles. The van der Waals surface area contributed by atoms with Crippen LogP contribution in [0.2, 0.25) is 0 Å². The van der Waals surface area contributed by atoms with Crippen molar-refractivity contribution in [1.29, 1.82) is 0 Å². The molecule has 1 atom stereocenters. The summed E-state index contributed by atoms with van der Waals surface area (Å²) in [6.45, 7) is 4.55. The Balaban J connectivity index is 1.61. The van der Waals surface area contributed by atoms with Gasteiger partial charge in [0.2, 0.25) is 0 Å². The topological polar surface area (TPSA) is 49.3 Å². The van der Waals surface area contributed by atoms with E-state index in [1.54, 1.807) is 0 Å². The van der Waals surface area contributed by atoms with Gasteiger partial charge in [-0.15, -0.1) is 0 Å². The van der Waals surface area contributed by atoms with E-state index in [1.807, 2.05) is 0 Å². The molecule has 0 radical (unpaired) electrons. The number of nitrogens with one attached hydrogen (secondary N) is 1. The molecule has 1 aromatic carbocycles. The van der Waals surface area contributed by atoms with Gasteiger partial charge in [0.25, 0.3) is 0 Å². The first kappa shape index (κ1) is 19.4. The largest absolute Gasteiger partial charge is 0.481 e. The van der Waals surface area contributed by atoms with E-state index in [9.17, 15) is 9.90 Å². The molecule has 0 saturated heterocycles. The van der Waals surface area contributed by atoms with E-state index < -0.39 is 5.97 Å². The van der Waals surface area contributed by atoms with Crippen molar-refractivity contribution in [3.63, 3.8) is 0 Å². The molecule has 2 fully saturated rings. The molecule has 3 heteroatoms. The fourth-order valence-corrected chi connectivity index (χ4v) is 4.85. The summed E-state index contributed by atoms with van der Waals surface area (Å²) in [6.07, 6.45) is 10.4. The van der Waals surface area contributed by atoms with Gasteiger partial charge in [0.1, 0.15) is 0 Å². The molecule has 2 N–H and O–H groups in total. The van der Waals surface area contributed by atoms with Crippen molar-refractivity contribution in [3.8, 4) is 0 Å². The SMILES string of the molecule is CC(C)C(NC1CCC(C(=O)O)CC1)c1ccc(C2CCCCC2)cc1. The van der Waals surface area contributed by atoms with Gasteiger partial charge in [-0.1, -0.05) is 57.4 Å². The standard InChI is InChI=1S/C23H35NO2/c1-16(2)22(24-21-14-12-20(13-15-21)23(25)26)19-10-8-18(9-11-19)17-6-4-3-5-7-17/h8-11,16-17,20-22,24H,3-7,12-15H2,1-2H3,(H,25,26). The van der Waals surface area contributed by atoms with Crippen LogP contribution in [0.5, 0.6) is 0 Å². The summed E-state index contributed by atoms with van der Waals surface area (Å²) >= 11 is 0. The van der Waals surface area contributed by atoms with Gasteiger partial charge >= 0.3 is 5.97 Å². The first-order chi connectivity index (χ1) is 12.5. The molecule has 0 spiro atoms. The predicted octanol–water partition coefficient (Wildman–Crippen LogP) is 5.66. The fourth-order valence-electron chi connectivity index (χ4n) is 4.85. The Labute approximate surface area is 158 Å². The zero-order chi connectivity index (χ0) is 18.5. The molecule has 3 rings (SSSR count). The van der Waals surface area contributed by atoms with Crippen LogP contribution in [-0.4, -0.2) is 17.1 Å². The summed E-state index contributed by atoms with van der Waals surface area (Å²) in [4.78, 5) is 11.2. The number of rotatable bonds is 6. The smallest absolute Gasteiger partial charge is 0.306 e. The molecule has 1 unspecified atom stereocenters. The Morgan fingerprint density at radius 1 is 0.962 bits per heavy atom. The van der Waals surface area contributed by atoms with Gasteiger partial charge < -0.3 is 10.4 Å². The van der Waals surface area contributed by atoms with Crippen LogP contribution in [-0.2, 0) is 4.79 Å². The molecule has 1 aromatic rings. The van der Waals surface area contributed by atoms with E-state index in [0.29, 0.717) is 18.0 Å². The molecule has 26 heavy (non-hydrogen) atoms. The van der Waals surface area contributed by atoms with Crippen LogP contribution in [0, 0.1) is 11.8 Å². The maximum Gasteiger partial charge on any atom is 0.306 e. The molecule has 0 heterocycles. The Bertz CT molecular complexity index is 566. The molecule has 2 aliphatic rings. The van der Waals surface area contributed by atoms with Crippen molar-refractivity contribution in [2.45, 2.75) is 89.6 Å². The van der Waals surface area contributed by atoms with E-state index in [4.69, 9.17) is 0 Å². The molecule has 144 valence electrons. The van der Waals surface area contributed by atoms with E-state index in [2.05, 4.69) is 43.4 Å². The molecule has 0 bridgehead atoms. The van der Waals surface area contributed by atoms with E-state index >= 15 is 0 Å². The average Bonchev–Trinajstić information content (AvgIpc) is 2.67. The van der Waals surface area contributed by atoms with Crippen molar-refractivity contribution in [1.82, 2.24) is 5.32 Å². The van der Waals surface area contributed by atoms with Gasteiger partial charge in [-0.05, 0) is 61.5 Å². The zero-order valence-electron chi connectivity index (χ0n) is 16.4. The lowest BCUT2D eigenvalue weighted by molar-refractivity contribution is -0.142. The first-order valence-electron chi connectivity index (χ1n) is 10.6. The average molecular weight is 358 g/mol. The summed E-state index contributed by atoms with van der Waals surface area (Å²) in [5.41, 5.74) is 2.89. The second-order valence-corrected chi connectivity index (χ2v) is 8.78. The van der Waals surface area contributed by atoms with Gasteiger partial charge in [0.15, 0.2) is 0 Å². The van der Waals surface area contributed by atoms with Gasteiger partial charge in [-0.2, -0.15) is 0 Å². The summed E-state index contributed by atoms with van der Waals surface area (Å²) in [7, 11) is 0. The van der Waals surface area contributed by atoms with Crippen LogP contribution in [0.1, 0.15) is 94.7 Å². The monoisotopic (exact) mass is 357 g/mol. The van der Waals surface area contributed by atoms with Gasteiger partial charge in [-0.25, -0.2) is 0 Å². The molecular weight excluding hydrogens is 322 g/mol. The zero-order valence-corrected chi connectivity index (χ0v) is 16.4. The third-order valence-electron chi connectivity index (χ3n) is 6.53. The molecule has 2 aliphatic carbocycles. The van der Waals surface area contributed by atoms with Crippen molar-refractivity contribution in [3.05, 3.63) is 35.4 Å². The summed E-state index contributed by atoms with van der Waals surface area (Å²) < 4.78 is 0. The molecule has 0 aromatic heterocycles. The Morgan fingerprint density at radius 2 is 1.58 bits per heavy atom. The Morgan fingerprint density at radius 3 is 2.12 bits per heavy atom. The number of hydrogen-bond acceptors (Lipinski definition) is 2. The molecular formula is C23H35NO2. The predicted molar refractivity (Wildman–Crippen MR) is 106 cm³/mol. The van der Waals surface area contributed by atoms with Crippen LogP contribution in [0.3, 0.4) is 0 Å². The minimum atomic E-state index is -0.623. The molecule has 3 nitrogen and oxygen atoms in total. The third kappa shape index (κ3) is 4.88. The fraction of sp³-hybridized carbons (Fsp3) is 0.696. The highest BCUT2D eigenvalue weighted by Gasteiger charge is 2.28. The molecule has 0 aliphatic heterocycles. The first-order valence-corrected chi connectivity index (χ1v) is 10.6. The molecule has 0 amide bonds. The van der Waals surface area contributed by atoms with Gasteiger partial charge in [0, 0.05) is 12.1 Å². The summed E-state index contributed by atoms with van der Waals surface area (Å²) in [5.74, 6) is 0.518. The quantitative estimate of drug-likeness (QED) is 0.690. The number of aliphatic carboxylic acids is 1. The van der Waals surface area contributed by atoms with E-state index in [0.717, 1.165) is 31.6 Å². The maximum absolute atomic E-state index is 11.2. The highest BCUT2D eigenvalue weighted by Crippen LogP contribution is 2.34. The van der Waals surface area contributed by atoms with Crippen molar-refractivity contribution >= 4 is 5.97 Å². The second kappa shape index (κ2) is 9.03. The summed E-state index contributed by atoms with van der Waals surface area (Å²) in [5, 5.41) is 13.0. The lowest BCUT2D eigenvalue weighted by atomic mass is 9.82. The van der Waals surface area contributed by atoms with Crippen molar-refractivity contribution in [2.24, 2.45) is 11.8 Å². The normalized spacial score (nSPS) is 26.0. The minimum absolute atomic E-state index is 0.139. The minimum Gasteiger partial charge on any atom is -0.481 e. The van der Waals surface area contributed by atoms with E-state index in [-0.39, 0.29) is 5.92 Å². The number of benzene rings is 1. The maximum atomic E-state index is 11.2. The highest BCUT2D eigenvalue weighted by atomic mass is 16.4. The van der Waals surface area contributed by atoms with Crippen molar-refractivity contribution in [2.75, 3.05) is 0 Å². The number of carboxylic acids is 1. The van der Waals surface area contributed by atoms with Crippen LogP contribution in [0.4, 0.5) is 0 Å². The van der Waals surface area contributed by atoms with Gasteiger partial charge in [0.05, 0.1) is 5.92 Å².